The molecule has 1 atom stereocenters. The van der Waals surface area contributed by atoms with Gasteiger partial charge < -0.3 is 11.1 Å². The second-order valence-corrected chi connectivity index (χ2v) is 5.10. The fourth-order valence-electron chi connectivity index (χ4n) is 1.18. The average molecular weight is 247 g/mol. The number of rotatable bonds is 3. The minimum Gasteiger partial charge on any atom is -0.382 e. The van der Waals surface area contributed by atoms with Crippen molar-refractivity contribution >= 4 is 34.2 Å². The first kappa shape index (κ1) is 10.6. The van der Waals surface area contributed by atoms with E-state index in [-0.39, 0.29) is 11.0 Å². The van der Waals surface area contributed by atoms with Gasteiger partial charge in [-0.2, -0.15) is 9.97 Å². The van der Waals surface area contributed by atoms with Crippen molar-refractivity contribution in [1.82, 2.24) is 9.97 Å². The SMILES string of the molecule is CS(=O)c1c(N)nc(NC2CC2)nc1Cl. The van der Waals surface area contributed by atoms with Crippen LogP contribution in [0.3, 0.4) is 0 Å². The molecule has 0 amide bonds. The zero-order chi connectivity index (χ0) is 11.0. The Kier molecular flexibility index (Phi) is 2.79. The Morgan fingerprint density at radius 3 is 2.67 bits per heavy atom. The van der Waals surface area contributed by atoms with Gasteiger partial charge >= 0.3 is 0 Å². The van der Waals surface area contributed by atoms with Gasteiger partial charge in [0.25, 0.3) is 0 Å². The van der Waals surface area contributed by atoms with Gasteiger partial charge in [0.15, 0.2) is 5.15 Å². The smallest absolute Gasteiger partial charge is 0.226 e. The van der Waals surface area contributed by atoms with Crippen LogP contribution in [0.25, 0.3) is 0 Å². The lowest BCUT2D eigenvalue weighted by atomic mass is 10.6. The highest BCUT2D eigenvalue weighted by Gasteiger charge is 2.23. The molecule has 1 fully saturated rings. The number of nitrogens with one attached hydrogen (secondary N) is 1. The zero-order valence-corrected chi connectivity index (χ0v) is 9.73. The van der Waals surface area contributed by atoms with E-state index < -0.39 is 10.8 Å². The third-order valence-electron chi connectivity index (χ3n) is 2.05. The molecule has 3 N–H and O–H groups in total. The number of hydrogen-bond acceptors (Lipinski definition) is 5. The Balaban J connectivity index is 2.32. The number of nitrogens with zero attached hydrogens (tertiary/aromatic N) is 2. The Morgan fingerprint density at radius 2 is 2.20 bits per heavy atom. The number of anilines is 2. The molecule has 1 heterocycles. The van der Waals surface area contributed by atoms with Crippen molar-refractivity contribution in [3.8, 4) is 0 Å². The van der Waals surface area contributed by atoms with E-state index in [2.05, 4.69) is 15.3 Å². The van der Waals surface area contributed by atoms with Gasteiger partial charge in [-0.25, -0.2) is 0 Å². The third kappa shape index (κ3) is 2.38. The lowest BCUT2D eigenvalue weighted by Crippen LogP contribution is -2.09. The van der Waals surface area contributed by atoms with Crippen LogP contribution in [-0.2, 0) is 10.8 Å². The zero-order valence-electron chi connectivity index (χ0n) is 8.16. The Labute approximate surface area is 94.9 Å². The second kappa shape index (κ2) is 3.94. The fourth-order valence-corrected chi connectivity index (χ4v) is 2.31. The van der Waals surface area contributed by atoms with E-state index in [0.717, 1.165) is 12.8 Å². The molecule has 82 valence electrons. The molecule has 5 nitrogen and oxygen atoms in total. The van der Waals surface area contributed by atoms with Crippen LogP contribution in [0.2, 0.25) is 5.15 Å². The minimum atomic E-state index is -1.27. The van der Waals surface area contributed by atoms with Crippen molar-refractivity contribution in [3.05, 3.63) is 5.15 Å². The molecule has 0 aliphatic heterocycles. The molecule has 1 unspecified atom stereocenters. The lowest BCUT2D eigenvalue weighted by Gasteiger charge is -2.07. The van der Waals surface area contributed by atoms with Crippen molar-refractivity contribution in [1.29, 1.82) is 0 Å². The molecule has 1 aromatic rings. The molecular formula is C8H11ClN4OS. The van der Waals surface area contributed by atoms with Gasteiger partial charge in [0.2, 0.25) is 5.95 Å². The van der Waals surface area contributed by atoms with Crippen LogP contribution in [0.4, 0.5) is 11.8 Å². The minimum absolute atomic E-state index is 0.159. The average Bonchev–Trinajstić information content (AvgIpc) is 2.85. The molecule has 1 aliphatic rings. The predicted octanol–water partition coefficient (Wildman–Crippen LogP) is 1.02. The van der Waals surface area contributed by atoms with Crippen molar-refractivity contribution in [2.24, 2.45) is 0 Å². The summed E-state index contributed by atoms with van der Waals surface area (Å²) in [7, 11) is -1.27. The lowest BCUT2D eigenvalue weighted by molar-refractivity contribution is 0.686. The predicted molar refractivity (Wildman–Crippen MR) is 60.4 cm³/mol. The van der Waals surface area contributed by atoms with Gasteiger partial charge in [0.05, 0.1) is 10.8 Å². The van der Waals surface area contributed by atoms with Crippen LogP contribution >= 0.6 is 11.6 Å². The van der Waals surface area contributed by atoms with Gasteiger partial charge in [0, 0.05) is 12.3 Å². The molecule has 0 bridgehead atoms. The molecular weight excluding hydrogens is 236 g/mol. The van der Waals surface area contributed by atoms with Crippen LogP contribution in [-0.4, -0.2) is 26.5 Å². The van der Waals surface area contributed by atoms with E-state index in [9.17, 15) is 4.21 Å². The highest BCUT2D eigenvalue weighted by atomic mass is 35.5. The van der Waals surface area contributed by atoms with E-state index in [4.69, 9.17) is 17.3 Å². The highest BCUT2D eigenvalue weighted by molar-refractivity contribution is 7.84. The van der Waals surface area contributed by atoms with Gasteiger partial charge in [0.1, 0.15) is 10.7 Å². The summed E-state index contributed by atoms with van der Waals surface area (Å²) in [6, 6.07) is 0.429. The highest BCUT2D eigenvalue weighted by Crippen LogP contribution is 2.27. The Bertz CT molecular complexity index is 398. The molecule has 7 heteroatoms. The summed E-state index contributed by atoms with van der Waals surface area (Å²) in [6.07, 6.45) is 3.72. The van der Waals surface area contributed by atoms with Crippen LogP contribution < -0.4 is 11.1 Å². The van der Waals surface area contributed by atoms with Crippen molar-refractivity contribution in [3.63, 3.8) is 0 Å². The molecule has 2 rings (SSSR count). The molecule has 0 aromatic carbocycles. The molecule has 0 saturated heterocycles. The van der Waals surface area contributed by atoms with Crippen LogP contribution in [0.1, 0.15) is 12.8 Å². The second-order valence-electron chi connectivity index (χ2n) is 3.43. The largest absolute Gasteiger partial charge is 0.382 e. The van der Waals surface area contributed by atoms with E-state index in [1.54, 1.807) is 0 Å². The van der Waals surface area contributed by atoms with Crippen molar-refractivity contribution in [2.45, 2.75) is 23.8 Å². The van der Waals surface area contributed by atoms with Gasteiger partial charge in [-0.05, 0) is 12.8 Å². The maximum Gasteiger partial charge on any atom is 0.226 e. The van der Waals surface area contributed by atoms with Crippen molar-refractivity contribution < 1.29 is 4.21 Å². The summed E-state index contributed by atoms with van der Waals surface area (Å²) in [6.45, 7) is 0. The quantitative estimate of drug-likeness (QED) is 0.779. The molecule has 1 aromatic heterocycles. The number of hydrogen-bond donors (Lipinski definition) is 2. The standard InChI is InChI=1S/C8H11ClN4OS/c1-15(14)5-6(9)12-8(13-7(5)10)11-4-2-3-4/h4H,2-3H2,1H3,(H3,10,11,12,13). The number of aromatic nitrogens is 2. The van der Waals surface area contributed by atoms with E-state index in [1.807, 2.05) is 0 Å². The van der Waals surface area contributed by atoms with Crippen molar-refractivity contribution in [2.75, 3.05) is 17.3 Å². The number of halogens is 1. The summed E-state index contributed by atoms with van der Waals surface area (Å²) < 4.78 is 11.3. The van der Waals surface area contributed by atoms with E-state index in [0.29, 0.717) is 16.9 Å². The number of nitrogen functional groups attached to an aromatic ring is 1. The summed E-state index contributed by atoms with van der Waals surface area (Å²) in [5.41, 5.74) is 5.65. The first-order chi connectivity index (χ1) is 7.08. The maximum atomic E-state index is 11.3. The van der Waals surface area contributed by atoms with Gasteiger partial charge in [-0.1, -0.05) is 11.6 Å². The van der Waals surface area contributed by atoms with Crippen LogP contribution in [0.15, 0.2) is 4.90 Å². The van der Waals surface area contributed by atoms with Crippen LogP contribution in [0.5, 0.6) is 0 Å². The summed E-state index contributed by atoms with van der Waals surface area (Å²) in [4.78, 5) is 8.32. The Hall–Kier alpha value is -0.880. The summed E-state index contributed by atoms with van der Waals surface area (Å²) >= 11 is 5.87. The maximum absolute atomic E-state index is 11.3. The van der Waals surface area contributed by atoms with E-state index >= 15 is 0 Å². The topological polar surface area (TPSA) is 80.9 Å². The normalized spacial score (nSPS) is 17.5. The first-order valence-corrected chi connectivity index (χ1v) is 6.44. The third-order valence-corrected chi connectivity index (χ3v) is 3.41. The molecule has 0 radical (unpaired) electrons. The summed E-state index contributed by atoms with van der Waals surface area (Å²) in [5.74, 6) is 0.591. The van der Waals surface area contributed by atoms with Gasteiger partial charge in [-0.15, -0.1) is 0 Å². The number of nitrogens with two attached hydrogens (primary N) is 1. The van der Waals surface area contributed by atoms with E-state index in [1.165, 1.54) is 6.26 Å². The molecule has 15 heavy (non-hydrogen) atoms. The van der Waals surface area contributed by atoms with Gasteiger partial charge in [-0.3, -0.25) is 4.21 Å². The Morgan fingerprint density at radius 1 is 1.53 bits per heavy atom. The monoisotopic (exact) mass is 246 g/mol. The molecule has 1 aliphatic carbocycles. The first-order valence-electron chi connectivity index (χ1n) is 4.51. The molecule has 1 saturated carbocycles. The van der Waals surface area contributed by atoms with Crippen LogP contribution in [0, 0.1) is 0 Å². The summed E-state index contributed by atoms with van der Waals surface area (Å²) in [5, 5.41) is 3.24. The molecule has 0 spiro atoms. The fraction of sp³-hybridized carbons (Fsp3) is 0.500.